The number of aliphatic hydroxyl groups is 1. The molecule has 1 aliphatic heterocycles. The molecule has 0 radical (unpaired) electrons. The summed E-state index contributed by atoms with van der Waals surface area (Å²) >= 11 is 0. The van der Waals surface area contributed by atoms with Gasteiger partial charge in [0.05, 0.1) is 11.8 Å². The highest BCUT2D eigenvalue weighted by atomic mass is 16.3. The van der Waals surface area contributed by atoms with Crippen LogP contribution in [0.4, 0.5) is 0 Å². The number of likely N-dealkylation sites (tertiary alicyclic amines) is 1. The van der Waals surface area contributed by atoms with E-state index in [4.69, 9.17) is 0 Å². The molecule has 1 aliphatic rings. The van der Waals surface area contributed by atoms with Gasteiger partial charge in [-0.2, -0.15) is 5.10 Å². The summed E-state index contributed by atoms with van der Waals surface area (Å²) in [4.78, 5) is 2.25. The van der Waals surface area contributed by atoms with Crippen LogP contribution in [0.25, 0.3) is 0 Å². The van der Waals surface area contributed by atoms with Crippen LogP contribution >= 0.6 is 0 Å². The lowest BCUT2D eigenvalue weighted by molar-refractivity contribution is -0.0203. The maximum absolute atomic E-state index is 10.5. The third-order valence-corrected chi connectivity index (χ3v) is 3.31. The predicted molar refractivity (Wildman–Crippen MR) is 58.5 cm³/mol. The smallest absolute Gasteiger partial charge is 0.0951 e. The highest BCUT2D eigenvalue weighted by molar-refractivity contribution is 5.16. The molecule has 0 aromatic carbocycles. The van der Waals surface area contributed by atoms with Gasteiger partial charge >= 0.3 is 0 Å². The first-order chi connectivity index (χ1) is 7.14. The average Bonchev–Trinajstić information content (AvgIpc) is 2.72. The monoisotopic (exact) mass is 209 g/mol. The second-order valence-electron chi connectivity index (χ2n) is 4.42. The Balaban J connectivity index is 2.14. The summed E-state index contributed by atoms with van der Waals surface area (Å²) in [6.45, 7) is 4.81. The van der Waals surface area contributed by atoms with Gasteiger partial charge in [-0.3, -0.25) is 4.68 Å². The first-order valence-electron chi connectivity index (χ1n) is 5.58. The van der Waals surface area contributed by atoms with Crippen LogP contribution in [-0.4, -0.2) is 39.9 Å². The minimum absolute atomic E-state index is 0.653. The van der Waals surface area contributed by atoms with Gasteiger partial charge in [0, 0.05) is 31.4 Å². The van der Waals surface area contributed by atoms with Crippen molar-refractivity contribution in [1.29, 1.82) is 0 Å². The van der Waals surface area contributed by atoms with Crippen LogP contribution in [0.3, 0.4) is 0 Å². The van der Waals surface area contributed by atoms with Crippen LogP contribution in [0.5, 0.6) is 0 Å². The molecule has 0 saturated carbocycles. The van der Waals surface area contributed by atoms with Crippen molar-refractivity contribution in [3.05, 3.63) is 18.0 Å². The van der Waals surface area contributed by atoms with Crippen molar-refractivity contribution in [3.8, 4) is 0 Å². The molecule has 1 fully saturated rings. The summed E-state index contributed by atoms with van der Waals surface area (Å²) in [5, 5.41) is 14.7. The minimum Gasteiger partial charge on any atom is -0.385 e. The number of piperidine rings is 1. The van der Waals surface area contributed by atoms with E-state index in [2.05, 4.69) is 24.0 Å². The van der Waals surface area contributed by atoms with Gasteiger partial charge in [0.1, 0.15) is 0 Å². The van der Waals surface area contributed by atoms with Crippen LogP contribution in [0, 0.1) is 0 Å². The Labute approximate surface area is 90.5 Å². The molecular formula is C11H19N3O. The number of aromatic nitrogens is 2. The Kier molecular flexibility index (Phi) is 2.80. The van der Waals surface area contributed by atoms with Gasteiger partial charge in [0.25, 0.3) is 0 Å². The molecule has 2 rings (SSSR count). The summed E-state index contributed by atoms with van der Waals surface area (Å²) in [6.07, 6.45) is 5.37. The molecule has 1 aromatic heterocycles. The molecule has 1 N–H and O–H groups in total. The maximum atomic E-state index is 10.5. The van der Waals surface area contributed by atoms with E-state index in [-0.39, 0.29) is 0 Å². The summed E-state index contributed by atoms with van der Waals surface area (Å²) in [5.41, 5.74) is 0.317. The van der Waals surface area contributed by atoms with E-state index < -0.39 is 5.60 Å². The van der Waals surface area contributed by atoms with Crippen molar-refractivity contribution in [3.63, 3.8) is 0 Å². The summed E-state index contributed by atoms with van der Waals surface area (Å²) < 4.78 is 1.87. The first-order valence-corrected chi connectivity index (χ1v) is 5.58. The van der Waals surface area contributed by atoms with Gasteiger partial charge in [-0.25, -0.2) is 0 Å². The lowest BCUT2D eigenvalue weighted by Crippen LogP contribution is -2.40. The third-order valence-electron chi connectivity index (χ3n) is 3.31. The molecule has 0 atom stereocenters. The molecular weight excluding hydrogens is 190 g/mol. The molecule has 1 aromatic rings. The number of nitrogens with zero attached hydrogens (tertiary/aromatic N) is 3. The fraction of sp³-hybridized carbons (Fsp3) is 0.727. The Morgan fingerprint density at radius 2 is 2.13 bits per heavy atom. The van der Waals surface area contributed by atoms with Crippen LogP contribution in [0.1, 0.15) is 25.3 Å². The summed E-state index contributed by atoms with van der Waals surface area (Å²) in [7, 11) is 2.09. The van der Waals surface area contributed by atoms with E-state index in [9.17, 15) is 5.11 Å². The van der Waals surface area contributed by atoms with Gasteiger partial charge in [0.15, 0.2) is 0 Å². The second-order valence-corrected chi connectivity index (χ2v) is 4.42. The van der Waals surface area contributed by atoms with Crippen molar-refractivity contribution >= 4 is 0 Å². The third kappa shape index (κ3) is 2.06. The largest absolute Gasteiger partial charge is 0.385 e. The molecule has 2 heterocycles. The second kappa shape index (κ2) is 3.94. The van der Waals surface area contributed by atoms with Gasteiger partial charge < -0.3 is 10.0 Å². The van der Waals surface area contributed by atoms with Crippen molar-refractivity contribution in [2.45, 2.75) is 31.9 Å². The molecule has 4 heteroatoms. The zero-order valence-electron chi connectivity index (χ0n) is 9.48. The first kappa shape index (κ1) is 10.6. The molecule has 84 valence electrons. The van der Waals surface area contributed by atoms with E-state index in [1.54, 1.807) is 6.20 Å². The van der Waals surface area contributed by atoms with Crippen molar-refractivity contribution in [1.82, 2.24) is 14.7 Å². The SMILES string of the molecule is CCn1cc(C2(O)CCN(C)CC2)cn1. The zero-order valence-corrected chi connectivity index (χ0v) is 9.48. The lowest BCUT2D eigenvalue weighted by atomic mass is 9.86. The average molecular weight is 209 g/mol. The van der Waals surface area contributed by atoms with E-state index >= 15 is 0 Å². The summed E-state index contributed by atoms with van der Waals surface area (Å²) in [6, 6.07) is 0. The molecule has 4 nitrogen and oxygen atoms in total. The van der Waals surface area contributed by atoms with Gasteiger partial charge in [-0.05, 0) is 26.8 Å². The van der Waals surface area contributed by atoms with Gasteiger partial charge in [0.2, 0.25) is 0 Å². The maximum Gasteiger partial charge on any atom is 0.0951 e. The highest BCUT2D eigenvalue weighted by Gasteiger charge is 2.33. The van der Waals surface area contributed by atoms with Crippen LogP contribution in [-0.2, 0) is 12.1 Å². The molecule has 0 bridgehead atoms. The number of hydrogen-bond donors (Lipinski definition) is 1. The fourth-order valence-corrected chi connectivity index (χ4v) is 2.05. The normalized spacial score (nSPS) is 21.8. The highest BCUT2D eigenvalue weighted by Crippen LogP contribution is 2.31. The standard InChI is InChI=1S/C11H19N3O/c1-3-14-9-10(8-12-14)11(15)4-6-13(2)7-5-11/h8-9,15H,3-7H2,1-2H3. The van der Waals surface area contributed by atoms with Crippen molar-refractivity contribution in [2.75, 3.05) is 20.1 Å². The van der Waals surface area contributed by atoms with Crippen LogP contribution in [0.15, 0.2) is 12.4 Å². The van der Waals surface area contributed by atoms with Crippen molar-refractivity contribution in [2.24, 2.45) is 0 Å². The van der Waals surface area contributed by atoms with Gasteiger partial charge in [-0.15, -0.1) is 0 Å². The lowest BCUT2D eigenvalue weighted by Gasteiger charge is -2.35. The molecule has 0 aliphatic carbocycles. The van der Waals surface area contributed by atoms with E-state index in [1.165, 1.54) is 0 Å². The quantitative estimate of drug-likeness (QED) is 0.784. The Morgan fingerprint density at radius 3 is 2.67 bits per heavy atom. The Hall–Kier alpha value is -0.870. The van der Waals surface area contributed by atoms with E-state index in [1.807, 2.05) is 10.9 Å². The van der Waals surface area contributed by atoms with Crippen LogP contribution in [0.2, 0.25) is 0 Å². The number of hydrogen-bond acceptors (Lipinski definition) is 3. The predicted octanol–water partition coefficient (Wildman–Crippen LogP) is 0.816. The van der Waals surface area contributed by atoms with Crippen molar-refractivity contribution < 1.29 is 5.11 Å². The van der Waals surface area contributed by atoms with E-state index in [0.717, 1.165) is 38.0 Å². The topological polar surface area (TPSA) is 41.3 Å². The molecule has 1 saturated heterocycles. The zero-order chi connectivity index (χ0) is 10.9. The molecule has 15 heavy (non-hydrogen) atoms. The fourth-order valence-electron chi connectivity index (χ4n) is 2.05. The molecule has 0 amide bonds. The summed E-state index contributed by atoms with van der Waals surface area (Å²) in [5.74, 6) is 0. The number of rotatable bonds is 2. The molecule has 0 spiro atoms. The Morgan fingerprint density at radius 1 is 1.47 bits per heavy atom. The number of aryl methyl sites for hydroxylation is 1. The van der Waals surface area contributed by atoms with E-state index in [0.29, 0.717) is 0 Å². The Bertz CT molecular complexity index is 326. The van der Waals surface area contributed by atoms with Gasteiger partial charge in [-0.1, -0.05) is 0 Å². The van der Waals surface area contributed by atoms with Crippen LogP contribution < -0.4 is 0 Å². The molecule has 0 unspecified atom stereocenters. The minimum atomic E-state index is -0.653.